The molecule has 1 amide bonds. The lowest BCUT2D eigenvalue weighted by molar-refractivity contribution is 0.00735. The molecule has 0 spiro atoms. The summed E-state index contributed by atoms with van der Waals surface area (Å²) in [5, 5.41) is 9.12. The molecule has 1 fully saturated rings. The SMILES string of the molecule is CC(C)(C)OC(=O)N1CC(c2ncc(C=O)n2C(=O)O)C1. The van der Waals surface area contributed by atoms with E-state index in [9.17, 15) is 14.4 Å². The van der Waals surface area contributed by atoms with Gasteiger partial charge in [0, 0.05) is 13.1 Å². The predicted molar refractivity (Wildman–Crippen MR) is 71.6 cm³/mol. The summed E-state index contributed by atoms with van der Waals surface area (Å²) in [6, 6.07) is 0. The number of carbonyl (C=O) groups excluding carboxylic acids is 2. The lowest BCUT2D eigenvalue weighted by Crippen LogP contribution is -2.51. The van der Waals surface area contributed by atoms with Gasteiger partial charge in [-0.15, -0.1) is 0 Å². The molecule has 2 heterocycles. The van der Waals surface area contributed by atoms with Gasteiger partial charge in [-0.3, -0.25) is 4.79 Å². The van der Waals surface area contributed by atoms with E-state index in [-0.39, 0.29) is 17.4 Å². The van der Waals surface area contributed by atoms with Gasteiger partial charge in [0.2, 0.25) is 0 Å². The summed E-state index contributed by atoms with van der Waals surface area (Å²) < 4.78 is 6.07. The zero-order chi connectivity index (χ0) is 15.8. The van der Waals surface area contributed by atoms with Crippen LogP contribution in [0.4, 0.5) is 9.59 Å². The molecule has 0 aromatic carbocycles. The summed E-state index contributed by atoms with van der Waals surface area (Å²) in [6.07, 6.45) is -0.0512. The lowest BCUT2D eigenvalue weighted by Gasteiger charge is -2.39. The molecule has 1 aromatic heterocycles. The largest absolute Gasteiger partial charge is 0.464 e. The molecule has 1 aliphatic rings. The maximum Gasteiger partial charge on any atom is 0.417 e. The standard InChI is InChI=1S/C13H17N3O5/c1-13(2,3)21-12(20)15-5-8(6-15)10-14-4-9(7-17)16(10)11(18)19/h4,7-8H,5-6H2,1-3H3,(H,18,19). The van der Waals surface area contributed by atoms with E-state index in [0.717, 1.165) is 4.57 Å². The van der Waals surface area contributed by atoms with E-state index in [2.05, 4.69) is 4.98 Å². The minimum absolute atomic E-state index is 0.0202. The molecule has 8 heteroatoms. The Morgan fingerprint density at radius 1 is 1.43 bits per heavy atom. The van der Waals surface area contributed by atoms with Gasteiger partial charge < -0.3 is 14.7 Å². The van der Waals surface area contributed by atoms with Gasteiger partial charge >= 0.3 is 12.2 Å². The normalized spacial score (nSPS) is 15.5. The highest BCUT2D eigenvalue weighted by molar-refractivity contribution is 5.81. The molecule has 0 saturated carbocycles. The Bertz CT molecular complexity index is 581. The number of likely N-dealkylation sites (tertiary alicyclic amines) is 1. The first-order chi connectivity index (χ1) is 9.73. The van der Waals surface area contributed by atoms with Crippen LogP contribution in [0.2, 0.25) is 0 Å². The second kappa shape index (κ2) is 5.19. The number of carbonyl (C=O) groups is 3. The molecule has 0 aliphatic carbocycles. The second-order valence-corrected chi connectivity index (χ2v) is 5.86. The molecule has 114 valence electrons. The monoisotopic (exact) mass is 295 g/mol. The van der Waals surface area contributed by atoms with Crippen molar-refractivity contribution in [1.29, 1.82) is 0 Å². The van der Waals surface area contributed by atoms with Crippen LogP contribution in [0.3, 0.4) is 0 Å². The summed E-state index contributed by atoms with van der Waals surface area (Å²) in [4.78, 5) is 39.2. The Morgan fingerprint density at radius 3 is 2.52 bits per heavy atom. The summed E-state index contributed by atoms with van der Waals surface area (Å²) in [5.41, 5.74) is -0.597. The first-order valence-electron chi connectivity index (χ1n) is 6.47. The number of nitrogens with zero attached hydrogens (tertiary/aromatic N) is 3. The smallest absolute Gasteiger partial charge is 0.417 e. The molecule has 0 unspecified atom stereocenters. The van der Waals surface area contributed by atoms with Gasteiger partial charge in [-0.2, -0.15) is 0 Å². The van der Waals surface area contributed by atoms with Crippen LogP contribution in [0.15, 0.2) is 6.20 Å². The van der Waals surface area contributed by atoms with E-state index < -0.39 is 17.8 Å². The van der Waals surface area contributed by atoms with Crippen LogP contribution >= 0.6 is 0 Å². The Labute approximate surface area is 121 Å². The molecule has 0 bridgehead atoms. The number of aromatic nitrogens is 2. The number of carboxylic acid groups (broad SMARTS) is 1. The van der Waals surface area contributed by atoms with Crippen molar-refractivity contribution in [2.45, 2.75) is 32.3 Å². The van der Waals surface area contributed by atoms with E-state index >= 15 is 0 Å². The number of hydrogen-bond donors (Lipinski definition) is 1. The fourth-order valence-electron chi connectivity index (χ4n) is 2.08. The van der Waals surface area contributed by atoms with Crippen LogP contribution in [0, 0.1) is 0 Å². The van der Waals surface area contributed by atoms with Crippen molar-refractivity contribution in [1.82, 2.24) is 14.5 Å². The predicted octanol–water partition coefficient (Wildman–Crippen LogP) is 1.56. The first kappa shape index (κ1) is 15.0. The third-order valence-corrected chi connectivity index (χ3v) is 3.03. The fraction of sp³-hybridized carbons (Fsp3) is 0.538. The average molecular weight is 295 g/mol. The minimum Gasteiger partial charge on any atom is -0.464 e. The molecule has 1 saturated heterocycles. The van der Waals surface area contributed by atoms with Gasteiger partial charge in [-0.25, -0.2) is 19.1 Å². The van der Waals surface area contributed by atoms with Crippen molar-refractivity contribution in [3.8, 4) is 0 Å². The van der Waals surface area contributed by atoms with Gasteiger partial charge in [0.1, 0.15) is 17.1 Å². The number of amides is 1. The maximum atomic E-state index is 11.8. The zero-order valence-electron chi connectivity index (χ0n) is 12.1. The zero-order valence-corrected chi connectivity index (χ0v) is 12.1. The summed E-state index contributed by atoms with van der Waals surface area (Å²) in [6.45, 7) is 5.95. The first-order valence-corrected chi connectivity index (χ1v) is 6.47. The molecule has 1 N–H and O–H groups in total. The summed E-state index contributed by atoms with van der Waals surface area (Å²) in [5.74, 6) is 0.0479. The van der Waals surface area contributed by atoms with Crippen LogP contribution in [0.1, 0.15) is 43.0 Å². The van der Waals surface area contributed by atoms with Crippen LogP contribution in [0.25, 0.3) is 0 Å². The topological polar surface area (TPSA) is 102 Å². The van der Waals surface area contributed by atoms with Crippen LogP contribution < -0.4 is 0 Å². The fourth-order valence-corrected chi connectivity index (χ4v) is 2.08. The van der Waals surface area contributed by atoms with E-state index in [4.69, 9.17) is 9.84 Å². The highest BCUT2D eigenvalue weighted by Gasteiger charge is 2.38. The van der Waals surface area contributed by atoms with E-state index in [1.165, 1.54) is 11.1 Å². The highest BCUT2D eigenvalue weighted by Crippen LogP contribution is 2.28. The lowest BCUT2D eigenvalue weighted by atomic mass is 10.00. The third kappa shape index (κ3) is 3.04. The average Bonchev–Trinajstić information content (AvgIpc) is 2.68. The van der Waals surface area contributed by atoms with Crippen molar-refractivity contribution >= 4 is 18.5 Å². The van der Waals surface area contributed by atoms with Gasteiger partial charge in [0.25, 0.3) is 0 Å². The van der Waals surface area contributed by atoms with E-state index in [1.54, 1.807) is 20.8 Å². The number of aldehydes is 1. The Balaban J connectivity index is 2.05. The van der Waals surface area contributed by atoms with Crippen molar-refractivity contribution in [3.63, 3.8) is 0 Å². The molecule has 2 rings (SSSR count). The molecular weight excluding hydrogens is 278 g/mol. The summed E-state index contributed by atoms with van der Waals surface area (Å²) in [7, 11) is 0. The van der Waals surface area contributed by atoms with E-state index in [1.807, 2.05) is 0 Å². The van der Waals surface area contributed by atoms with Crippen molar-refractivity contribution in [2.75, 3.05) is 13.1 Å². The Morgan fingerprint density at radius 2 is 2.05 bits per heavy atom. The van der Waals surface area contributed by atoms with Crippen LogP contribution in [-0.4, -0.2) is 56.7 Å². The Kier molecular flexibility index (Phi) is 3.71. The quantitative estimate of drug-likeness (QED) is 0.831. The number of ether oxygens (including phenoxy) is 1. The van der Waals surface area contributed by atoms with Crippen LogP contribution in [-0.2, 0) is 4.74 Å². The highest BCUT2D eigenvalue weighted by atomic mass is 16.6. The van der Waals surface area contributed by atoms with E-state index in [0.29, 0.717) is 19.4 Å². The number of hydrogen-bond acceptors (Lipinski definition) is 5. The van der Waals surface area contributed by atoms with Gasteiger partial charge in [0.05, 0.1) is 12.1 Å². The molecule has 8 nitrogen and oxygen atoms in total. The van der Waals surface area contributed by atoms with Gasteiger partial charge in [-0.05, 0) is 20.8 Å². The summed E-state index contributed by atoms with van der Waals surface area (Å²) >= 11 is 0. The molecule has 21 heavy (non-hydrogen) atoms. The Hall–Kier alpha value is -2.38. The molecule has 0 radical (unpaired) electrons. The molecular formula is C13H17N3O5. The number of rotatable bonds is 2. The third-order valence-electron chi connectivity index (χ3n) is 3.03. The van der Waals surface area contributed by atoms with Crippen molar-refractivity contribution < 1.29 is 24.2 Å². The molecule has 0 atom stereocenters. The minimum atomic E-state index is -1.26. The van der Waals surface area contributed by atoms with Gasteiger partial charge in [-0.1, -0.05) is 0 Å². The van der Waals surface area contributed by atoms with Crippen molar-refractivity contribution in [3.05, 3.63) is 17.7 Å². The molecule has 1 aromatic rings. The second-order valence-electron chi connectivity index (χ2n) is 5.86. The van der Waals surface area contributed by atoms with Crippen molar-refractivity contribution in [2.24, 2.45) is 0 Å². The maximum absolute atomic E-state index is 11.8. The number of imidazole rings is 1. The van der Waals surface area contributed by atoms with Crippen LogP contribution in [0.5, 0.6) is 0 Å². The van der Waals surface area contributed by atoms with Gasteiger partial charge in [0.15, 0.2) is 6.29 Å². The molecule has 1 aliphatic heterocycles.